The van der Waals surface area contributed by atoms with E-state index in [9.17, 15) is 13.2 Å². The lowest BCUT2D eigenvalue weighted by molar-refractivity contribution is -0.119. The maximum Gasteiger partial charge on any atom is 0.405 e. The number of nitrogens with zero attached hydrogens (tertiary/aromatic N) is 1. The van der Waals surface area contributed by atoms with E-state index in [0.717, 1.165) is 17.7 Å². The fourth-order valence-corrected chi connectivity index (χ4v) is 2.32. The monoisotopic (exact) mass is 286 g/mol. The molecule has 2 nitrogen and oxygen atoms in total. The number of hydrogen-bond donors (Lipinski definition) is 1. The summed E-state index contributed by atoms with van der Waals surface area (Å²) in [6, 6.07) is 6.32. The zero-order valence-corrected chi connectivity index (χ0v) is 11.9. The van der Waals surface area contributed by atoms with Crippen LogP contribution >= 0.6 is 0 Å². The van der Waals surface area contributed by atoms with E-state index in [1.54, 1.807) is 13.0 Å². The highest BCUT2D eigenvalue weighted by Crippen LogP contribution is 2.26. The van der Waals surface area contributed by atoms with Crippen molar-refractivity contribution in [2.45, 2.75) is 45.5 Å². The molecule has 1 aromatic rings. The van der Waals surface area contributed by atoms with Crippen molar-refractivity contribution in [2.75, 3.05) is 18.0 Å². The lowest BCUT2D eigenvalue weighted by Gasteiger charge is -2.26. The molecule has 1 saturated carbocycles. The van der Waals surface area contributed by atoms with Gasteiger partial charge in [-0.3, -0.25) is 0 Å². The molecule has 2 rings (SSSR count). The summed E-state index contributed by atoms with van der Waals surface area (Å²) in [5.41, 5.74) is 2.69. The van der Waals surface area contributed by atoms with E-state index in [1.165, 1.54) is 17.7 Å². The third-order valence-electron chi connectivity index (χ3n) is 3.53. The number of anilines is 1. The van der Waals surface area contributed by atoms with Crippen LogP contribution < -0.4 is 10.2 Å². The average Bonchev–Trinajstić information content (AvgIpc) is 3.17. The number of halogens is 3. The molecule has 1 N–H and O–H groups in total. The zero-order chi connectivity index (χ0) is 14.8. The number of alkyl halides is 3. The zero-order valence-electron chi connectivity index (χ0n) is 11.9. The van der Waals surface area contributed by atoms with Crippen LogP contribution in [0.25, 0.3) is 0 Å². The second kappa shape index (κ2) is 6.04. The summed E-state index contributed by atoms with van der Waals surface area (Å²) < 4.78 is 37.7. The Labute approximate surface area is 118 Å². The lowest BCUT2D eigenvalue weighted by Crippen LogP contribution is -2.34. The molecule has 0 aliphatic heterocycles. The molecule has 0 unspecified atom stereocenters. The van der Waals surface area contributed by atoms with Gasteiger partial charge in [-0.1, -0.05) is 12.1 Å². The average molecular weight is 286 g/mol. The quantitative estimate of drug-likeness (QED) is 0.859. The molecule has 0 aromatic heterocycles. The topological polar surface area (TPSA) is 15.3 Å². The summed E-state index contributed by atoms with van der Waals surface area (Å²) in [4.78, 5) is 1.37. The Morgan fingerprint density at radius 1 is 1.30 bits per heavy atom. The second-order valence-corrected chi connectivity index (χ2v) is 5.41. The van der Waals surface area contributed by atoms with E-state index in [1.807, 2.05) is 19.1 Å². The third kappa shape index (κ3) is 4.40. The van der Waals surface area contributed by atoms with E-state index in [-0.39, 0.29) is 0 Å². The first-order chi connectivity index (χ1) is 9.39. The third-order valence-corrected chi connectivity index (χ3v) is 3.53. The molecule has 20 heavy (non-hydrogen) atoms. The molecule has 1 aliphatic rings. The van der Waals surface area contributed by atoms with Gasteiger partial charge in [-0.15, -0.1) is 0 Å². The fraction of sp³-hybridized carbons (Fsp3) is 0.600. The van der Waals surface area contributed by atoms with Crippen LogP contribution in [-0.4, -0.2) is 25.3 Å². The first-order valence-electron chi connectivity index (χ1n) is 7.03. The first-order valence-corrected chi connectivity index (χ1v) is 7.03. The molecule has 1 aliphatic carbocycles. The maximum absolute atomic E-state index is 12.6. The Hall–Kier alpha value is -1.23. The molecule has 1 aromatic carbocycles. The van der Waals surface area contributed by atoms with Gasteiger partial charge >= 0.3 is 6.18 Å². The lowest BCUT2D eigenvalue weighted by atomic mass is 10.1. The van der Waals surface area contributed by atoms with Gasteiger partial charge in [0.15, 0.2) is 0 Å². The van der Waals surface area contributed by atoms with Crippen LogP contribution in [0.5, 0.6) is 0 Å². The number of aryl methyl sites for hydroxylation is 1. The summed E-state index contributed by atoms with van der Waals surface area (Å²) in [6.07, 6.45) is -1.72. The maximum atomic E-state index is 12.6. The van der Waals surface area contributed by atoms with E-state index in [2.05, 4.69) is 5.32 Å². The van der Waals surface area contributed by atoms with E-state index >= 15 is 0 Å². The molecule has 0 radical (unpaired) electrons. The van der Waals surface area contributed by atoms with Gasteiger partial charge in [-0.25, -0.2) is 0 Å². The van der Waals surface area contributed by atoms with Crippen LogP contribution in [0.2, 0.25) is 0 Å². The molecular weight excluding hydrogens is 265 g/mol. The first kappa shape index (κ1) is 15.2. The summed E-state index contributed by atoms with van der Waals surface area (Å²) in [5, 5.41) is 3.41. The van der Waals surface area contributed by atoms with Gasteiger partial charge in [0.2, 0.25) is 0 Å². The highest BCUT2D eigenvalue weighted by molar-refractivity contribution is 5.54. The van der Waals surface area contributed by atoms with Gasteiger partial charge in [0, 0.05) is 24.8 Å². The number of rotatable bonds is 6. The molecule has 0 bridgehead atoms. The minimum Gasteiger partial charge on any atom is -0.363 e. The Morgan fingerprint density at radius 2 is 2.00 bits per heavy atom. The molecule has 5 heteroatoms. The second-order valence-electron chi connectivity index (χ2n) is 5.41. The molecular formula is C15H21F3N2. The summed E-state index contributed by atoms with van der Waals surface area (Å²) >= 11 is 0. The number of nitrogens with one attached hydrogen (secondary N) is 1. The van der Waals surface area contributed by atoms with Gasteiger partial charge in [0.25, 0.3) is 0 Å². The number of benzene rings is 1. The minimum absolute atomic E-state index is 0.347. The van der Waals surface area contributed by atoms with E-state index in [4.69, 9.17) is 0 Å². The molecule has 0 spiro atoms. The highest BCUT2D eigenvalue weighted by Gasteiger charge is 2.30. The van der Waals surface area contributed by atoms with Crippen molar-refractivity contribution in [3.05, 3.63) is 29.3 Å². The fourth-order valence-electron chi connectivity index (χ4n) is 2.32. The summed E-state index contributed by atoms with van der Waals surface area (Å²) in [6.45, 7) is 3.85. The van der Waals surface area contributed by atoms with Crippen molar-refractivity contribution in [3.8, 4) is 0 Å². The van der Waals surface area contributed by atoms with Gasteiger partial charge < -0.3 is 10.2 Å². The predicted molar refractivity (Wildman–Crippen MR) is 75.0 cm³/mol. The smallest absolute Gasteiger partial charge is 0.363 e. The molecule has 112 valence electrons. The van der Waals surface area contributed by atoms with Crippen molar-refractivity contribution in [1.82, 2.24) is 5.32 Å². The standard InChI is InChI=1S/C15H21F3N2/c1-3-20(10-15(16,17)18)14-7-4-12(8-11(14)2)9-19-13-5-6-13/h4,7-8,13,19H,3,5-6,9-10H2,1-2H3. The Bertz CT molecular complexity index is 453. The summed E-state index contributed by atoms with van der Waals surface area (Å²) in [5.74, 6) is 0. The highest BCUT2D eigenvalue weighted by atomic mass is 19.4. The van der Waals surface area contributed by atoms with Crippen LogP contribution in [0, 0.1) is 6.92 Å². The molecule has 0 saturated heterocycles. The van der Waals surface area contributed by atoms with Crippen molar-refractivity contribution in [2.24, 2.45) is 0 Å². The van der Waals surface area contributed by atoms with Crippen molar-refractivity contribution in [3.63, 3.8) is 0 Å². The summed E-state index contributed by atoms with van der Waals surface area (Å²) in [7, 11) is 0. The van der Waals surface area contributed by atoms with Crippen LogP contribution in [0.4, 0.5) is 18.9 Å². The largest absolute Gasteiger partial charge is 0.405 e. The van der Waals surface area contributed by atoms with Crippen molar-refractivity contribution in [1.29, 1.82) is 0 Å². The van der Waals surface area contributed by atoms with Crippen LogP contribution in [0.3, 0.4) is 0 Å². The minimum atomic E-state index is -4.17. The molecule has 0 atom stereocenters. The Kier molecular flexibility index (Phi) is 4.58. The molecule has 0 heterocycles. The van der Waals surface area contributed by atoms with E-state index in [0.29, 0.717) is 18.3 Å². The Balaban J connectivity index is 2.06. The van der Waals surface area contributed by atoms with Crippen LogP contribution in [0.15, 0.2) is 18.2 Å². The Morgan fingerprint density at radius 3 is 2.50 bits per heavy atom. The predicted octanol–water partition coefficient (Wildman–Crippen LogP) is 3.64. The normalized spacial score (nSPS) is 15.4. The van der Waals surface area contributed by atoms with Gasteiger partial charge in [-0.2, -0.15) is 13.2 Å². The molecule has 0 amide bonds. The van der Waals surface area contributed by atoms with Crippen LogP contribution in [-0.2, 0) is 6.54 Å². The SMILES string of the molecule is CCN(CC(F)(F)F)c1ccc(CNC2CC2)cc1C. The van der Waals surface area contributed by atoms with Gasteiger partial charge in [0.1, 0.15) is 6.54 Å². The van der Waals surface area contributed by atoms with Crippen molar-refractivity contribution < 1.29 is 13.2 Å². The molecule has 1 fully saturated rings. The van der Waals surface area contributed by atoms with Crippen LogP contribution in [0.1, 0.15) is 30.9 Å². The van der Waals surface area contributed by atoms with Crippen molar-refractivity contribution >= 4 is 5.69 Å². The van der Waals surface area contributed by atoms with E-state index < -0.39 is 12.7 Å². The number of hydrogen-bond acceptors (Lipinski definition) is 2. The van der Waals surface area contributed by atoms with Gasteiger partial charge in [-0.05, 0) is 43.9 Å². The van der Waals surface area contributed by atoms with Gasteiger partial charge in [0.05, 0.1) is 0 Å².